The number of carbonyl (C=O) groups excluding carboxylic acids is 2. The fraction of sp³-hybridized carbons (Fsp3) is 0.556. The molecule has 9 heteroatoms. The summed E-state index contributed by atoms with van der Waals surface area (Å²) in [5.41, 5.74) is 0.0904. The third-order valence-electron chi connectivity index (χ3n) is 3.92. The van der Waals surface area contributed by atoms with Crippen molar-refractivity contribution in [3.8, 4) is 0 Å². The zero-order valence-electron chi connectivity index (χ0n) is 15.8. The van der Waals surface area contributed by atoms with Crippen LogP contribution in [0.15, 0.2) is 18.2 Å². The summed E-state index contributed by atoms with van der Waals surface area (Å²) in [5.74, 6) is 0. The van der Waals surface area contributed by atoms with Gasteiger partial charge in [0.2, 0.25) is 0 Å². The van der Waals surface area contributed by atoms with Crippen LogP contribution in [0.4, 0.5) is 15.3 Å². The quantitative estimate of drug-likeness (QED) is 0.784. The van der Waals surface area contributed by atoms with Crippen LogP contribution in [-0.4, -0.2) is 66.8 Å². The molecule has 1 aromatic rings. The first kappa shape index (κ1) is 21.6. The van der Waals surface area contributed by atoms with Crippen LogP contribution in [0.25, 0.3) is 0 Å². The van der Waals surface area contributed by atoms with Gasteiger partial charge in [-0.1, -0.05) is 23.2 Å². The van der Waals surface area contributed by atoms with Crippen LogP contribution in [0.2, 0.25) is 10.0 Å². The summed E-state index contributed by atoms with van der Waals surface area (Å²) in [4.78, 5) is 27.9. The summed E-state index contributed by atoms with van der Waals surface area (Å²) in [7, 11) is 0. The molecular weight excluding hydrogens is 391 g/mol. The number of amides is 3. The topological polar surface area (TPSA) is 73.9 Å². The third kappa shape index (κ3) is 7.44. The second-order valence-corrected chi connectivity index (χ2v) is 8.13. The molecule has 27 heavy (non-hydrogen) atoms. The number of piperazine rings is 1. The average molecular weight is 417 g/mol. The van der Waals surface area contributed by atoms with E-state index in [1.807, 2.05) is 20.8 Å². The fourth-order valence-corrected chi connectivity index (χ4v) is 2.86. The Morgan fingerprint density at radius 2 is 1.78 bits per heavy atom. The van der Waals surface area contributed by atoms with E-state index in [4.69, 9.17) is 27.9 Å². The maximum absolute atomic E-state index is 12.0. The van der Waals surface area contributed by atoms with Gasteiger partial charge in [0, 0.05) is 45.0 Å². The number of ether oxygens (including phenoxy) is 1. The number of rotatable bonds is 4. The molecule has 7 nitrogen and oxygen atoms in total. The molecule has 2 N–H and O–H groups in total. The molecule has 1 heterocycles. The summed E-state index contributed by atoms with van der Waals surface area (Å²) in [6, 6.07) is 4.60. The Morgan fingerprint density at radius 3 is 2.37 bits per heavy atom. The lowest BCUT2D eigenvalue weighted by atomic mass is 10.2. The number of halogens is 2. The molecule has 0 aromatic heterocycles. The molecule has 1 aliphatic heterocycles. The van der Waals surface area contributed by atoms with Crippen molar-refractivity contribution in [3.05, 3.63) is 28.2 Å². The molecule has 0 unspecified atom stereocenters. The third-order valence-corrected chi connectivity index (χ3v) is 4.65. The van der Waals surface area contributed by atoms with E-state index in [9.17, 15) is 9.59 Å². The number of anilines is 1. The van der Waals surface area contributed by atoms with E-state index in [2.05, 4.69) is 15.5 Å². The van der Waals surface area contributed by atoms with E-state index in [1.165, 1.54) is 0 Å². The standard InChI is InChI=1S/C18H26Cl2N4O3/c1-18(2,3)27-17(26)24-10-8-23(9-11-24)7-6-21-16(25)22-13-4-5-14(19)15(20)12-13/h4-5,12H,6-11H2,1-3H3,(H2,21,22,25). The van der Waals surface area contributed by atoms with Crippen molar-refractivity contribution in [3.63, 3.8) is 0 Å². The van der Waals surface area contributed by atoms with Gasteiger partial charge in [0.05, 0.1) is 10.0 Å². The van der Waals surface area contributed by atoms with Gasteiger partial charge in [0.1, 0.15) is 5.60 Å². The Labute approximate surface area is 169 Å². The minimum Gasteiger partial charge on any atom is -0.444 e. The number of hydrogen-bond acceptors (Lipinski definition) is 4. The minimum absolute atomic E-state index is 0.277. The molecule has 1 fully saturated rings. The lowest BCUT2D eigenvalue weighted by Gasteiger charge is -2.35. The molecule has 1 aromatic carbocycles. The number of nitrogens with zero attached hydrogens (tertiary/aromatic N) is 2. The molecule has 0 atom stereocenters. The molecule has 150 valence electrons. The second-order valence-electron chi connectivity index (χ2n) is 7.32. The number of carbonyl (C=O) groups is 2. The van der Waals surface area contributed by atoms with Crippen molar-refractivity contribution in [2.45, 2.75) is 26.4 Å². The summed E-state index contributed by atoms with van der Waals surface area (Å²) in [6.45, 7) is 9.50. The van der Waals surface area contributed by atoms with Crippen LogP contribution in [0, 0.1) is 0 Å². The van der Waals surface area contributed by atoms with Crippen LogP contribution >= 0.6 is 23.2 Å². The summed E-state index contributed by atoms with van der Waals surface area (Å²) in [5, 5.41) is 6.34. The zero-order chi connectivity index (χ0) is 20.0. The van der Waals surface area contributed by atoms with Gasteiger partial charge in [-0.05, 0) is 39.0 Å². The van der Waals surface area contributed by atoms with Gasteiger partial charge >= 0.3 is 12.1 Å². The normalized spacial score (nSPS) is 15.4. The lowest BCUT2D eigenvalue weighted by molar-refractivity contribution is 0.0147. The number of urea groups is 1. The predicted molar refractivity (Wildman–Crippen MR) is 108 cm³/mol. The number of nitrogens with one attached hydrogen (secondary N) is 2. The van der Waals surface area contributed by atoms with Crippen LogP contribution in [0.5, 0.6) is 0 Å². The van der Waals surface area contributed by atoms with Gasteiger partial charge in [-0.3, -0.25) is 4.90 Å². The highest BCUT2D eigenvalue weighted by molar-refractivity contribution is 6.42. The molecule has 1 aliphatic rings. The van der Waals surface area contributed by atoms with E-state index in [0.29, 0.717) is 41.9 Å². The minimum atomic E-state index is -0.486. The number of hydrogen-bond donors (Lipinski definition) is 2. The highest BCUT2D eigenvalue weighted by Gasteiger charge is 2.25. The van der Waals surface area contributed by atoms with Gasteiger partial charge < -0.3 is 20.3 Å². The molecule has 0 spiro atoms. The van der Waals surface area contributed by atoms with E-state index in [0.717, 1.165) is 13.1 Å². The SMILES string of the molecule is CC(C)(C)OC(=O)N1CCN(CCNC(=O)Nc2ccc(Cl)c(Cl)c2)CC1. The summed E-state index contributed by atoms with van der Waals surface area (Å²) >= 11 is 11.8. The highest BCUT2D eigenvalue weighted by Crippen LogP contribution is 2.24. The van der Waals surface area contributed by atoms with E-state index in [-0.39, 0.29) is 12.1 Å². The van der Waals surface area contributed by atoms with Gasteiger partial charge in [0.15, 0.2) is 0 Å². The molecule has 0 bridgehead atoms. The number of benzene rings is 1. The molecule has 1 saturated heterocycles. The van der Waals surface area contributed by atoms with Gasteiger partial charge in [-0.25, -0.2) is 9.59 Å². The van der Waals surface area contributed by atoms with Crippen LogP contribution in [-0.2, 0) is 4.74 Å². The first-order valence-electron chi connectivity index (χ1n) is 8.84. The van der Waals surface area contributed by atoms with Crippen molar-refractivity contribution in [1.29, 1.82) is 0 Å². The molecule has 3 amide bonds. The molecule has 0 aliphatic carbocycles. The highest BCUT2D eigenvalue weighted by atomic mass is 35.5. The smallest absolute Gasteiger partial charge is 0.410 e. The molecule has 0 saturated carbocycles. The summed E-state index contributed by atoms with van der Waals surface area (Å²) < 4.78 is 5.38. The maximum atomic E-state index is 12.0. The Bertz CT molecular complexity index is 671. The average Bonchev–Trinajstić information content (AvgIpc) is 2.57. The van der Waals surface area contributed by atoms with Crippen molar-refractivity contribution in [2.24, 2.45) is 0 Å². The van der Waals surface area contributed by atoms with E-state index < -0.39 is 5.60 Å². The lowest BCUT2D eigenvalue weighted by Crippen LogP contribution is -2.51. The second kappa shape index (κ2) is 9.48. The van der Waals surface area contributed by atoms with Crippen LogP contribution in [0.1, 0.15) is 20.8 Å². The summed E-state index contributed by atoms with van der Waals surface area (Å²) in [6.07, 6.45) is -0.277. The van der Waals surface area contributed by atoms with E-state index >= 15 is 0 Å². The van der Waals surface area contributed by atoms with Gasteiger partial charge in [0.25, 0.3) is 0 Å². The molecule has 0 radical (unpaired) electrons. The Kier molecular flexibility index (Phi) is 7.59. The van der Waals surface area contributed by atoms with Crippen molar-refractivity contribution in [2.75, 3.05) is 44.6 Å². The zero-order valence-corrected chi connectivity index (χ0v) is 17.4. The first-order chi connectivity index (χ1) is 12.6. The van der Waals surface area contributed by atoms with Crippen LogP contribution in [0.3, 0.4) is 0 Å². The monoisotopic (exact) mass is 416 g/mol. The maximum Gasteiger partial charge on any atom is 0.410 e. The predicted octanol–water partition coefficient (Wildman–Crippen LogP) is 3.67. The molecule has 2 rings (SSSR count). The van der Waals surface area contributed by atoms with E-state index in [1.54, 1.807) is 23.1 Å². The molecular formula is C18H26Cl2N4O3. The Morgan fingerprint density at radius 1 is 1.11 bits per heavy atom. The van der Waals surface area contributed by atoms with Gasteiger partial charge in [-0.15, -0.1) is 0 Å². The van der Waals surface area contributed by atoms with Crippen LogP contribution < -0.4 is 10.6 Å². The van der Waals surface area contributed by atoms with Crippen molar-refractivity contribution < 1.29 is 14.3 Å². The Hall–Kier alpha value is -1.70. The Balaban J connectivity index is 1.66. The largest absolute Gasteiger partial charge is 0.444 e. The fourth-order valence-electron chi connectivity index (χ4n) is 2.56. The first-order valence-corrected chi connectivity index (χ1v) is 9.60. The van der Waals surface area contributed by atoms with Crippen molar-refractivity contribution in [1.82, 2.24) is 15.1 Å². The van der Waals surface area contributed by atoms with Crippen molar-refractivity contribution >= 4 is 41.0 Å². The van der Waals surface area contributed by atoms with Gasteiger partial charge in [-0.2, -0.15) is 0 Å².